The van der Waals surface area contributed by atoms with Gasteiger partial charge in [-0.2, -0.15) is 4.31 Å². The fourth-order valence-corrected chi connectivity index (χ4v) is 5.49. The predicted molar refractivity (Wildman–Crippen MR) is 130 cm³/mol. The first-order chi connectivity index (χ1) is 15.4. The molecule has 8 heteroatoms. The van der Waals surface area contributed by atoms with Gasteiger partial charge in [-0.05, 0) is 43.5 Å². The molecule has 0 saturated carbocycles. The molecular formula is C24H25N3O3S2. The lowest BCUT2D eigenvalue weighted by molar-refractivity contribution is -0.120. The molecule has 0 spiro atoms. The number of carbonyl (C=O) groups is 1. The number of amides is 1. The van der Waals surface area contributed by atoms with E-state index in [1.807, 2.05) is 66.9 Å². The van der Waals surface area contributed by atoms with Crippen molar-refractivity contribution < 1.29 is 13.2 Å². The predicted octanol–water partition coefficient (Wildman–Crippen LogP) is 4.77. The number of hydrogen-bond acceptors (Lipinski definition) is 5. The number of carbonyl (C=O) groups excluding carboxylic acids is 1. The van der Waals surface area contributed by atoms with Gasteiger partial charge < -0.3 is 5.32 Å². The summed E-state index contributed by atoms with van der Waals surface area (Å²) in [6.07, 6.45) is 2.60. The first kappa shape index (κ1) is 22.4. The minimum absolute atomic E-state index is 0.0703. The molecule has 1 aliphatic heterocycles. The van der Waals surface area contributed by atoms with Gasteiger partial charge in [0.1, 0.15) is 0 Å². The largest absolute Gasteiger partial charge is 0.326 e. The highest BCUT2D eigenvalue weighted by atomic mass is 32.2. The third-order valence-electron chi connectivity index (χ3n) is 5.48. The van der Waals surface area contributed by atoms with E-state index in [1.165, 1.54) is 9.71 Å². The zero-order valence-electron chi connectivity index (χ0n) is 17.8. The number of thiazole rings is 1. The lowest BCUT2D eigenvalue weighted by Gasteiger charge is -2.29. The molecule has 3 aromatic rings. The van der Waals surface area contributed by atoms with Crippen LogP contribution in [0.15, 0.2) is 65.4 Å². The molecule has 0 bridgehead atoms. The number of nitrogens with zero attached hydrogens (tertiary/aromatic N) is 2. The van der Waals surface area contributed by atoms with Crippen LogP contribution < -0.4 is 5.32 Å². The molecule has 166 valence electrons. The first-order valence-corrected chi connectivity index (χ1v) is 12.9. The van der Waals surface area contributed by atoms with E-state index in [1.54, 1.807) is 17.4 Å². The summed E-state index contributed by atoms with van der Waals surface area (Å²) in [5.74, 6) is -0.278. The average Bonchev–Trinajstić information content (AvgIpc) is 3.25. The Labute approximate surface area is 192 Å². The van der Waals surface area contributed by atoms with Crippen LogP contribution in [0.4, 0.5) is 5.69 Å². The number of anilines is 1. The molecule has 1 aliphatic rings. The molecule has 1 aromatic heterocycles. The molecular weight excluding hydrogens is 442 g/mol. The van der Waals surface area contributed by atoms with Crippen LogP contribution in [0.5, 0.6) is 0 Å². The standard InChI is InChI=1S/C24H25N3O3S2/c1-18-25-23(17-31-18)20-7-9-22(10-8-20)26-24(28)21-11-14-27(15-12-21)32(29,30)16-13-19-5-3-2-4-6-19/h2-10,13,16-17,21H,11-12,14-15H2,1H3,(H,26,28). The molecule has 0 atom stereocenters. The Kier molecular flexibility index (Phi) is 6.83. The molecule has 0 unspecified atom stereocenters. The van der Waals surface area contributed by atoms with Gasteiger partial charge in [0.25, 0.3) is 0 Å². The molecule has 2 heterocycles. The summed E-state index contributed by atoms with van der Waals surface area (Å²) >= 11 is 1.60. The maximum atomic E-state index is 12.7. The summed E-state index contributed by atoms with van der Waals surface area (Å²) in [7, 11) is -3.50. The molecule has 1 amide bonds. The molecule has 2 aromatic carbocycles. The van der Waals surface area contributed by atoms with E-state index in [4.69, 9.17) is 0 Å². The Balaban J connectivity index is 1.31. The Hall–Kier alpha value is -2.81. The van der Waals surface area contributed by atoms with Crippen LogP contribution in [0.2, 0.25) is 0 Å². The maximum absolute atomic E-state index is 12.7. The Morgan fingerprint density at radius 2 is 1.78 bits per heavy atom. The van der Waals surface area contributed by atoms with Crippen molar-refractivity contribution in [2.75, 3.05) is 18.4 Å². The van der Waals surface area contributed by atoms with Crippen LogP contribution in [-0.4, -0.2) is 36.7 Å². The van der Waals surface area contributed by atoms with Crippen molar-refractivity contribution in [3.63, 3.8) is 0 Å². The number of nitrogens with one attached hydrogen (secondary N) is 1. The van der Waals surface area contributed by atoms with E-state index < -0.39 is 10.0 Å². The van der Waals surface area contributed by atoms with E-state index in [2.05, 4.69) is 10.3 Å². The second kappa shape index (κ2) is 9.77. The average molecular weight is 468 g/mol. The highest BCUT2D eigenvalue weighted by Crippen LogP contribution is 2.25. The summed E-state index contributed by atoms with van der Waals surface area (Å²) in [5.41, 5.74) is 3.50. The van der Waals surface area contributed by atoms with Crippen molar-refractivity contribution in [2.45, 2.75) is 19.8 Å². The number of aryl methyl sites for hydroxylation is 1. The summed E-state index contributed by atoms with van der Waals surface area (Å²) in [6, 6.07) is 17.0. The van der Waals surface area contributed by atoms with Gasteiger partial charge in [0.2, 0.25) is 15.9 Å². The number of sulfonamides is 1. The fraction of sp³-hybridized carbons (Fsp3) is 0.250. The molecule has 4 rings (SSSR count). The minimum atomic E-state index is -3.50. The van der Waals surface area contributed by atoms with Crippen molar-refractivity contribution in [1.82, 2.24) is 9.29 Å². The van der Waals surface area contributed by atoms with Gasteiger partial charge in [0.15, 0.2) is 0 Å². The Morgan fingerprint density at radius 1 is 1.09 bits per heavy atom. The quantitative estimate of drug-likeness (QED) is 0.566. The van der Waals surface area contributed by atoms with Crippen LogP contribution in [0.25, 0.3) is 17.3 Å². The molecule has 1 saturated heterocycles. The second-order valence-corrected chi connectivity index (χ2v) is 10.6. The lowest BCUT2D eigenvalue weighted by Crippen LogP contribution is -2.40. The molecule has 32 heavy (non-hydrogen) atoms. The van der Waals surface area contributed by atoms with Gasteiger partial charge in [-0.25, -0.2) is 13.4 Å². The Bertz CT molecular complexity index is 1190. The third kappa shape index (κ3) is 5.51. The van der Waals surface area contributed by atoms with Gasteiger partial charge in [-0.1, -0.05) is 42.5 Å². The smallest absolute Gasteiger partial charge is 0.236 e. The van der Waals surface area contributed by atoms with Crippen molar-refractivity contribution in [3.05, 3.63) is 76.0 Å². The summed E-state index contributed by atoms with van der Waals surface area (Å²) < 4.78 is 26.7. The van der Waals surface area contributed by atoms with Crippen molar-refractivity contribution in [2.24, 2.45) is 5.92 Å². The van der Waals surface area contributed by atoms with Crippen molar-refractivity contribution in [1.29, 1.82) is 0 Å². The Morgan fingerprint density at radius 3 is 2.41 bits per heavy atom. The van der Waals surface area contributed by atoms with Gasteiger partial charge >= 0.3 is 0 Å². The topological polar surface area (TPSA) is 79.4 Å². The first-order valence-electron chi connectivity index (χ1n) is 10.5. The second-order valence-electron chi connectivity index (χ2n) is 7.75. The number of benzene rings is 2. The van der Waals surface area contributed by atoms with Crippen LogP contribution in [0.3, 0.4) is 0 Å². The molecule has 1 fully saturated rings. The third-order valence-corrected chi connectivity index (χ3v) is 7.82. The zero-order chi connectivity index (χ0) is 22.6. The molecule has 0 aliphatic carbocycles. The highest BCUT2D eigenvalue weighted by molar-refractivity contribution is 7.92. The van der Waals surface area contributed by atoms with Crippen LogP contribution in [0.1, 0.15) is 23.4 Å². The van der Waals surface area contributed by atoms with Crippen molar-refractivity contribution >= 4 is 39.0 Å². The maximum Gasteiger partial charge on any atom is 0.236 e. The number of rotatable bonds is 6. The molecule has 6 nitrogen and oxygen atoms in total. The SMILES string of the molecule is Cc1nc(-c2ccc(NC(=O)C3CCN(S(=O)(=O)C=Cc4ccccc4)CC3)cc2)cs1. The van der Waals surface area contributed by atoms with E-state index in [0.29, 0.717) is 25.9 Å². The normalized spacial score (nSPS) is 15.8. The van der Waals surface area contributed by atoms with E-state index in [-0.39, 0.29) is 11.8 Å². The van der Waals surface area contributed by atoms with Crippen molar-refractivity contribution in [3.8, 4) is 11.3 Å². The number of aromatic nitrogens is 1. The van der Waals surface area contributed by atoms with Gasteiger partial charge in [-0.15, -0.1) is 11.3 Å². The van der Waals surface area contributed by atoms with Crippen LogP contribution >= 0.6 is 11.3 Å². The summed E-state index contributed by atoms with van der Waals surface area (Å²) in [6.45, 7) is 2.64. The van der Waals surface area contributed by atoms with E-state index in [0.717, 1.165) is 27.5 Å². The van der Waals surface area contributed by atoms with Gasteiger partial charge in [0.05, 0.1) is 10.7 Å². The van der Waals surface area contributed by atoms with Gasteiger partial charge in [-0.3, -0.25) is 4.79 Å². The van der Waals surface area contributed by atoms with E-state index in [9.17, 15) is 13.2 Å². The molecule has 0 radical (unpaired) electrons. The van der Waals surface area contributed by atoms with Gasteiger partial charge in [0, 0.05) is 41.0 Å². The fourth-order valence-electron chi connectivity index (χ4n) is 3.65. The summed E-state index contributed by atoms with van der Waals surface area (Å²) in [4.78, 5) is 17.2. The number of hydrogen-bond donors (Lipinski definition) is 1. The van der Waals surface area contributed by atoms with E-state index >= 15 is 0 Å². The van der Waals surface area contributed by atoms with Crippen LogP contribution in [0, 0.1) is 12.8 Å². The number of piperidine rings is 1. The van der Waals surface area contributed by atoms with Crippen LogP contribution in [-0.2, 0) is 14.8 Å². The molecule has 1 N–H and O–H groups in total. The summed E-state index contributed by atoms with van der Waals surface area (Å²) in [5, 5.41) is 7.23. The lowest BCUT2D eigenvalue weighted by atomic mass is 9.97. The zero-order valence-corrected chi connectivity index (χ0v) is 19.4. The monoisotopic (exact) mass is 467 g/mol. The highest BCUT2D eigenvalue weighted by Gasteiger charge is 2.30. The minimum Gasteiger partial charge on any atom is -0.326 e.